The van der Waals surface area contributed by atoms with Gasteiger partial charge in [0.25, 0.3) is 0 Å². The maximum absolute atomic E-state index is 12.3. The largest absolute Gasteiger partial charge is 0.508 e. The van der Waals surface area contributed by atoms with Crippen LogP contribution in [-0.4, -0.2) is 49.0 Å². The Morgan fingerprint density at radius 2 is 1.73 bits per heavy atom. The third-order valence-electron chi connectivity index (χ3n) is 5.03. The van der Waals surface area contributed by atoms with Crippen LogP contribution >= 0.6 is 0 Å². The van der Waals surface area contributed by atoms with Crippen LogP contribution < -0.4 is 20.1 Å². The molecule has 0 unspecified atom stereocenters. The number of aliphatic hydroxyl groups is 1. The van der Waals surface area contributed by atoms with Crippen molar-refractivity contribution >= 4 is 11.6 Å². The van der Waals surface area contributed by atoms with Crippen molar-refractivity contribution in [2.24, 2.45) is 0 Å². The normalized spacial score (nSPS) is 11.6. The first-order valence-corrected chi connectivity index (χ1v) is 10.8. The SMILES string of the molecule is COc1ccccc1CC(=O)Nc1ccc(CCNC[C@H](O)COc2ccc(O)cc2)cc1. The number of hydrogen-bond acceptors (Lipinski definition) is 6. The standard InChI is InChI=1S/C26H30N2O5/c1-32-25-5-3-2-4-20(25)16-26(31)28-21-8-6-19(7-9-21)14-15-27-17-23(30)18-33-24-12-10-22(29)11-13-24/h2-13,23,27,29-30H,14-18H2,1H3,(H,28,31)/t23-/m0/s1. The molecule has 7 heteroatoms. The van der Waals surface area contributed by atoms with Gasteiger partial charge >= 0.3 is 0 Å². The molecule has 3 aromatic carbocycles. The molecule has 174 valence electrons. The number of nitrogens with one attached hydrogen (secondary N) is 2. The Bertz CT molecular complexity index is 1010. The molecule has 0 saturated carbocycles. The Labute approximate surface area is 194 Å². The lowest BCUT2D eigenvalue weighted by Gasteiger charge is -2.13. The summed E-state index contributed by atoms with van der Waals surface area (Å²) >= 11 is 0. The summed E-state index contributed by atoms with van der Waals surface area (Å²) in [6.45, 7) is 1.28. The molecule has 1 amide bonds. The molecule has 0 aliphatic heterocycles. The van der Waals surface area contributed by atoms with Crippen LogP contribution in [0, 0.1) is 0 Å². The van der Waals surface area contributed by atoms with Crippen LogP contribution in [0.3, 0.4) is 0 Å². The Hall–Kier alpha value is -3.55. The summed E-state index contributed by atoms with van der Waals surface area (Å²) in [5.41, 5.74) is 2.71. The van der Waals surface area contributed by atoms with Crippen molar-refractivity contribution in [1.29, 1.82) is 0 Å². The summed E-state index contributed by atoms with van der Waals surface area (Å²) in [7, 11) is 1.59. The fourth-order valence-electron chi connectivity index (χ4n) is 3.28. The fourth-order valence-corrected chi connectivity index (χ4v) is 3.28. The number of ether oxygens (including phenoxy) is 2. The smallest absolute Gasteiger partial charge is 0.228 e. The number of methoxy groups -OCH3 is 1. The molecule has 3 aromatic rings. The maximum Gasteiger partial charge on any atom is 0.228 e. The van der Waals surface area contributed by atoms with Gasteiger partial charge in [0.2, 0.25) is 5.91 Å². The van der Waals surface area contributed by atoms with Crippen molar-refractivity contribution in [3.8, 4) is 17.2 Å². The number of phenolic OH excluding ortho intramolecular Hbond substituents is 1. The second-order valence-corrected chi connectivity index (χ2v) is 7.65. The van der Waals surface area contributed by atoms with Gasteiger partial charge in [-0.3, -0.25) is 4.79 Å². The van der Waals surface area contributed by atoms with Gasteiger partial charge in [0.05, 0.1) is 13.5 Å². The topological polar surface area (TPSA) is 100 Å². The number of phenols is 1. The van der Waals surface area contributed by atoms with E-state index in [4.69, 9.17) is 9.47 Å². The molecular weight excluding hydrogens is 420 g/mol. The third kappa shape index (κ3) is 8.14. The minimum absolute atomic E-state index is 0.0996. The van der Waals surface area contributed by atoms with Crippen molar-refractivity contribution < 1.29 is 24.5 Å². The molecule has 0 aromatic heterocycles. The average Bonchev–Trinajstić information content (AvgIpc) is 2.83. The molecule has 33 heavy (non-hydrogen) atoms. The van der Waals surface area contributed by atoms with E-state index in [2.05, 4.69) is 10.6 Å². The van der Waals surface area contributed by atoms with E-state index in [0.29, 0.717) is 24.6 Å². The zero-order valence-corrected chi connectivity index (χ0v) is 18.7. The highest BCUT2D eigenvalue weighted by molar-refractivity contribution is 5.92. The lowest BCUT2D eigenvalue weighted by molar-refractivity contribution is -0.115. The Morgan fingerprint density at radius 1 is 1.00 bits per heavy atom. The van der Waals surface area contributed by atoms with Gasteiger partial charge in [-0.15, -0.1) is 0 Å². The number of carbonyl (C=O) groups excluding carboxylic acids is 1. The molecule has 1 atom stereocenters. The molecule has 0 bridgehead atoms. The number of aliphatic hydroxyl groups excluding tert-OH is 1. The number of para-hydroxylation sites is 1. The minimum Gasteiger partial charge on any atom is -0.508 e. The predicted octanol–water partition coefficient (Wildman–Crippen LogP) is 3.15. The Kier molecular flexibility index (Phi) is 9.11. The second kappa shape index (κ2) is 12.5. The summed E-state index contributed by atoms with van der Waals surface area (Å²) < 4.78 is 10.8. The molecule has 0 heterocycles. The summed E-state index contributed by atoms with van der Waals surface area (Å²) in [6.07, 6.45) is 0.398. The van der Waals surface area contributed by atoms with Crippen molar-refractivity contribution in [1.82, 2.24) is 5.32 Å². The molecule has 7 nitrogen and oxygen atoms in total. The number of hydrogen-bond donors (Lipinski definition) is 4. The highest BCUT2D eigenvalue weighted by Gasteiger charge is 2.09. The van der Waals surface area contributed by atoms with Gasteiger partial charge in [0.1, 0.15) is 30.0 Å². The summed E-state index contributed by atoms with van der Waals surface area (Å²) in [4.78, 5) is 12.3. The van der Waals surface area contributed by atoms with Crippen molar-refractivity contribution in [3.05, 3.63) is 83.9 Å². The number of anilines is 1. The average molecular weight is 451 g/mol. The fraction of sp³-hybridized carbons (Fsp3) is 0.269. The van der Waals surface area contributed by atoms with Crippen molar-refractivity contribution in [2.75, 3.05) is 32.1 Å². The second-order valence-electron chi connectivity index (χ2n) is 7.65. The van der Waals surface area contributed by atoms with Crippen LogP contribution in [0.2, 0.25) is 0 Å². The Morgan fingerprint density at radius 3 is 2.45 bits per heavy atom. The van der Waals surface area contributed by atoms with Gasteiger partial charge in [0, 0.05) is 17.8 Å². The van der Waals surface area contributed by atoms with Crippen LogP contribution in [0.4, 0.5) is 5.69 Å². The van der Waals surface area contributed by atoms with Gasteiger partial charge in [-0.05, 0) is 61.0 Å². The van der Waals surface area contributed by atoms with Crippen molar-refractivity contribution in [3.63, 3.8) is 0 Å². The number of rotatable bonds is 12. The minimum atomic E-state index is -0.639. The van der Waals surface area contributed by atoms with Crippen LogP contribution in [0.25, 0.3) is 0 Å². The Balaban J connectivity index is 1.34. The van der Waals surface area contributed by atoms with E-state index in [1.54, 1.807) is 19.2 Å². The molecule has 0 spiro atoms. The summed E-state index contributed by atoms with van der Waals surface area (Å²) in [5.74, 6) is 1.37. The molecule has 4 N–H and O–H groups in total. The zero-order valence-electron chi connectivity index (χ0n) is 18.7. The summed E-state index contributed by atoms with van der Waals surface area (Å²) in [6, 6.07) is 21.6. The zero-order chi connectivity index (χ0) is 23.5. The monoisotopic (exact) mass is 450 g/mol. The van der Waals surface area contributed by atoms with Crippen molar-refractivity contribution in [2.45, 2.75) is 18.9 Å². The van der Waals surface area contributed by atoms with E-state index >= 15 is 0 Å². The first kappa shape index (κ1) is 24.1. The summed E-state index contributed by atoms with van der Waals surface area (Å²) in [5, 5.41) is 25.4. The van der Waals surface area contributed by atoms with Crippen LogP contribution in [0.5, 0.6) is 17.2 Å². The van der Waals surface area contributed by atoms with E-state index < -0.39 is 6.10 Å². The highest BCUT2D eigenvalue weighted by atomic mass is 16.5. The molecule has 3 rings (SSSR count). The third-order valence-corrected chi connectivity index (χ3v) is 5.03. The molecule has 0 aliphatic rings. The van der Waals surface area contributed by atoms with Gasteiger partial charge in [-0.1, -0.05) is 30.3 Å². The van der Waals surface area contributed by atoms with E-state index in [1.807, 2.05) is 48.5 Å². The highest BCUT2D eigenvalue weighted by Crippen LogP contribution is 2.19. The number of aromatic hydroxyl groups is 1. The van der Waals surface area contributed by atoms with Gasteiger partial charge in [-0.25, -0.2) is 0 Å². The molecule has 0 aliphatic carbocycles. The predicted molar refractivity (Wildman–Crippen MR) is 128 cm³/mol. The van der Waals surface area contributed by atoms with Crippen LogP contribution in [0.1, 0.15) is 11.1 Å². The van der Waals surface area contributed by atoms with Crippen LogP contribution in [-0.2, 0) is 17.6 Å². The van der Waals surface area contributed by atoms with E-state index in [9.17, 15) is 15.0 Å². The first-order valence-electron chi connectivity index (χ1n) is 10.8. The molecular formula is C26H30N2O5. The maximum atomic E-state index is 12.3. The van der Waals surface area contributed by atoms with Crippen LogP contribution in [0.15, 0.2) is 72.8 Å². The van der Waals surface area contributed by atoms with Gasteiger partial charge < -0.3 is 30.3 Å². The number of benzene rings is 3. The first-order chi connectivity index (χ1) is 16.0. The lowest BCUT2D eigenvalue weighted by atomic mass is 10.1. The molecule has 0 saturated heterocycles. The van der Waals surface area contributed by atoms with E-state index in [1.165, 1.54) is 12.1 Å². The molecule has 0 radical (unpaired) electrons. The van der Waals surface area contributed by atoms with Gasteiger partial charge in [-0.2, -0.15) is 0 Å². The quantitative estimate of drug-likeness (QED) is 0.316. The van der Waals surface area contributed by atoms with E-state index in [0.717, 1.165) is 23.2 Å². The van der Waals surface area contributed by atoms with E-state index in [-0.39, 0.29) is 24.7 Å². The number of carbonyl (C=O) groups is 1. The number of amides is 1. The lowest BCUT2D eigenvalue weighted by Crippen LogP contribution is -2.32. The van der Waals surface area contributed by atoms with Gasteiger partial charge in [0.15, 0.2) is 0 Å². The molecule has 0 fully saturated rings.